The van der Waals surface area contributed by atoms with E-state index >= 15 is 0 Å². The Bertz CT molecular complexity index is 596. The van der Waals surface area contributed by atoms with E-state index in [1.807, 2.05) is 6.92 Å². The van der Waals surface area contributed by atoms with Gasteiger partial charge in [-0.05, 0) is 52.0 Å². The number of carbonyl (C=O) groups excluding carboxylic acids is 2. The quantitative estimate of drug-likeness (QED) is 0.683. The smallest absolute Gasteiger partial charge is 0.337 e. The minimum atomic E-state index is -1.22. The second-order valence-electron chi connectivity index (χ2n) is 6.92. The highest BCUT2D eigenvalue weighted by Gasteiger charge is 2.34. The predicted octanol–water partition coefficient (Wildman–Crippen LogP) is 1.63. The Morgan fingerprint density at radius 3 is 2.20 bits per heavy atom. The van der Waals surface area contributed by atoms with Crippen molar-refractivity contribution >= 4 is 11.9 Å². The minimum Gasteiger partial charge on any atom is -0.491 e. The summed E-state index contributed by atoms with van der Waals surface area (Å²) in [6.45, 7) is 6.98. The Labute approximate surface area is 148 Å². The molecule has 0 radical (unpaired) electrons. The molecule has 1 aromatic carbocycles. The number of carbonyl (C=O) groups is 2. The second-order valence-corrected chi connectivity index (χ2v) is 6.92. The first kappa shape index (κ1) is 20.9. The average Bonchev–Trinajstić information content (AvgIpc) is 2.53. The Morgan fingerprint density at radius 2 is 1.72 bits per heavy atom. The third-order valence-corrected chi connectivity index (χ3v) is 3.65. The van der Waals surface area contributed by atoms with Crippen LogP contribution < -0.4 is 16.2 Å². The van der Waals surface area contributed by atoms with Gasteiger partial charge in [0.1, 0.15) is 16.9 Å². The summed E-state index contributed by atoms with van der Waals surface area (Å²) >= 11 is 0. The van der Waals surface area contributed by atoms with Crippen molar-refractivity contribution in [3.8, 4) is 5.75 Å². The van der Waals surface area contributed by atoms with E-state index in [9.17, 15) is 9.59 Å². The molecule has 4 N–H and O–H groups in total. The number of esters is 2. The highest BCUT2D eigenvalue weighted by Crippen LogP contribution is 2.23. The molecule has 140 valence electrons. The van der Waals surface area contributed by atoms with E-state index in [0.29, 0.717) is 17.7 Å². The molecule has 25 heavy (non-hydrogen) atoms. The topological polar surface area (TPSA) is 114 Å². The van der Waals surface area contributed by atoms with Crippen LogP contribution in [0.25, 0.3) is 0 Å². The van der Waals surface area contributed by atoms with Gasteiger partial charge in [0.05, 0.1) is 18.8 Å². The zero-order valence-electron chi connectivity index (χ0n) is 15.5. The van der Waals surface area contributed by atoms with Crippen LogP contribution in [0.1, 0.15) is 44.5 Å². The van der Waals surface area contributed by atoms with E-state index in [0.717, 1.165) is 0 Å². The molecule has 0 heterocycles. The van der Waals surface area contributed by atoms with Gasteiger partial charge < -0.3 is 25.7 Å². The monoisotopic (exact) mass is 352 g/mol. The number of hydrogen-bond donors (Lipinski definition) is 2. The molecule has 2 unspecified atom stereocenters. The van der Waals surface area contributed by atoms with Crippen LogP contribution >= 0.6 is 0 Å². The molecule has 7 nitrogen and oxygen atoms in total. The van der Waals surface area contributed by atoms with E-state index in [-0.39, 0.29) is 12.6 Å². The van der Waals surface area contributed by atoms with Crippen molar-refractivity contribution in [3.63, 3.8) is 0 Å². The van der Waals surface area contributed by atoms with Crippen molar-refractivity contribution < 1.29 is 23.8 Å². The Hall–Kier alpha value is -2.12. The molecule has 2 atom stereocenters. The van der Waals surface area contributed by atoms with Crippen LogP contribution in [0.5, 0.6) is 5.75 Å². The summed E-state index contributed by atoms with van der Waals surface area (Å²) in [6, 6.07) is 6.63. The van der Waals surface area contributed by atoms with Crippen LogP contribution in [0, 0.1) is 0 Å². The van der Waals surface area contributed by atoms with Gasteiger partial charge in [-0.25, -0.2) is 9.59 Å². The van der Waals surface area contributed by atoms with Crippen LogP contribution in [0.3, 0.4) is 0 Å². The number of nitrogens with two attached hydrogens (primary N) is 2. The predicted molar refractivity (Wildman–Crippen MR) is 94.3 cm³/mol. The lowest BCUT2D eigenvalue weighted by Gasteiger charge is -2.32. The molecule has 0 aliphatic carbocycles. The summed E-state index contributed by atoms with van der Waals surface area (Å²) in [5.74, 6) is -0.347. The molecule has 0 spiro atoms. The van der Waals surface area contributed by atoms with Crippen molar-refractivity contribution in [1.82, 2.24) is 0 Å². The molecule has 0 saturated heterocycles. The van der Waals surface area contributed by atoms with Gasteiger partial charge in [-0.2, -0.15) is 0 Å². The highest BCUT2D eigenvalue weighted by molar-refractivity contribution is 5.89. The fourth-order valence-electron chi connectivity index (χ4n) is 2.25. The summed E-state index contributed by atoms with van der Waals surface area (Å²) in [4.78, 5) is 23.5. The van der Waals surface area contributed by atoms with Gasteiger partial charge in [0.25, 0.3) is 0 Å². The Balaban J connectivity index is 2.64. The van der Waals surface area contributed by atoms with E-state index in [1.165, 1.54) is 14.0 Å². The third-order valence-electron chi connectivity index (χ3n) is 3.65. The standard InChI is InChI=1S/C18H28N2O5/c1-12(10-17(2,3)25-16(22)18(4,20)11-19)24-14-8-6-13(7-9-14)15(21)23-5/h6-9,12H,10-11,19-20H2,1-5H3. The van der Waals surface area contributed by atoms with Gasteiger partial charge in [0.15, 0.2) is 0 Å². The maximum absolute atomic E-state index is 12.1. The number of methoxy groups -OCH3 is 1. The van der Waals surface area contributed by atoms with Crippen LogP contribution in [0.15, 0.2) is 24.3 Å². The van der Waals surface area contributed by atoms with E-state index in [4.69, 9.17) is 20.9 Å². The molecular weight excluding hydrogens is 324 g/mol. The van der Waals surface area contributed by atoms with Gasteiger partial charge >= 0.3 is 11.9 Å². The van der Waals surface area contributed by atoms with Gasteiger partial charge in [0.2, 0.25) is 0 Å². The lowest BCUT2D eigenvalue weighted by atomic mass is 9.99. The summed E-state index contributed by atoms with van der Waals surface area (Å²) in [5, 5.41) is 0. The SMILES string of the molecule is COC(=O)c1ccc(OC(C)CC(C)(C)OC(=O)C(C)(N)CN)cc1. The fraction of sp³-hybridized carbons (Fsp3) is 0.556. The van der Waals surface area contributed by atoms with Gasteiger partial charge in [-0.3, -0.25) is 0 Å². The molecule has 0 bridgehead atoms. The molecular formula is C18H28N2O5. The van der Waals surface area contributed by atoms with Gasteiger partial charge in [-0.15, -0.1) is 0 Å². The Kier molecular flexibility index (Phi) is 6.96. The zero-order chi connectivity index (χ0) is 19.3. The normalized spacial score (nSPS) is 15.0. The van der Waals surface area contributed by atoms with E-state index in [2.05, 4.69) is 4.74 Å². The maximum atomic E-state index is 12.1. The lowest BCUT2D eigenvalue weighted by Crippen LogP contribution is -2.54. The molecule has 0 saturated carbocycles. The minimum absolute atomic E-state index is 0.000506. The van der Waals surface area contributed by atoms with E-state index in [1.54, 1.807) is 38.1 Å². The molecule has 0 aliphatic heterocycles. The van der Waals surface area contributed by atoms with Crippen LogP contribution in [0.4, 0.5) is 0 Å². The molecule has 0 fully saturated rings. The van der Waals surface area contributed by atoms with Gasteiger partial charge in [0, 0.05) is 13.0 Å². The van der Waals surface area contributed by atoms with Crippen molar-refractivity contribution in [2.24, 2.45) is 11.5 Å². The van der Waals surface area contributed by atoms with Crippen molar-refractivity contribution in [2.45, 2.75) is 51.4 Å². The molecule has 0 aliphatic rings. The zero-order valence-corrected chi connectivity index (χ0v) is 15.5. The molecule has 1 rings (SSSR count). The molecule has 1 aromatic rings. The lowest BCUT2D eigenvalue weighted by molar-refractivity contribution is -0.164. The largest absolute Gasteiger partial charge is 0.491 e. The van der Waals surface area contributed by atoms with Crippen molar-refractivity contribution in [2.75, 3.05) is 13.7 Å². The van der Waals surface area contributed by atoms with Crippen molar-refractivity contribution in [3.05, 3.63) is 29.8 Å². The second kappa shape index (κ2) is 8.31. The number of ether oxygens (including phenoxy) is 3. The van der Waals surface area contributed by atoms with Gasteiger partial charge in [-0.1, -0.05) is 0 Å². The first-order valence-corrected chi connectivity index (χ1v) is 8.08. The number of rotatable bonds is 8. The summed E-state index contributed by atoms with van der Waals surface area (Å²) < 4.78 is 15.9. The maximum Gasteiger partial charge on any atom is 0.337 e. The summed E-state index contributed by atoms with van der Waals surface area (Å²) in [5.41, 5.74) is 9.75. The molecule has 7 heteroatoms. The number of hydrogen-bond acceptors (Lipinski definition) is 7. The first-order valence-electron chi connectivity index (χ1n) is 8.08. The molecule has 0 amide bonds. The highest BCUT2D eigenvalue weighted by atomic mass is 16.6. The number of benzene rings is 1. The summed E-state index contributed by atoms with van der Waals surface area (Å²) in [6.07, 6.45) is 0.228. The third kappa shape index (κ3) is 6.36. The fourth-order valence-corrected chi connectivity index (χ4v) is 2.25. The first-order chi connectivity index (χ1) is 11.5. The van der Waals surface area contributed by atoms with Crippen LogP contribution in [0.2, 0.25) is 0 Å². The molecule has 0 aromatic heterocycles. The average molecular weight is 352 g/mol. The van der Waals surface area contributed by atoms with Crippen LogP contribution in [-0.2, 0) is 14.3 Å². The van der Waals surface area contributed by atoms with E-state index < -0.39 is 23.1 Å². The summed E-state index contributed by atoms with van der Waals surface area (Å²) in [7, 11) is 1.33. The van der Waals surface area contributed by atoms with Crippen LogP contribution in [-0.4, -0.2) is 42.8 Å². The van der Waals surface area contributed by atoms with Crippen molar-refractivity contribution in [1.29, 1.82) is 0 Å². The Morgan fingerprint density at radius 1 is 1.16 bits per heavy atom.